The van der Waals surface area contributed by atoms with Gasteiger partial charge >= 0.3 is 0 Å². The molecule has 0 aromatic carbocycles. The van der Waals surface area contributed by atoms with Crippen LogP contribution in [0.4, 0.5) is 5.82 Å². The predicted octanol–water partition coefficient (Wildman–Crippen LogP) is 2.47. The average Bonchev–Trinajstić information content (AvgIpc) is 3.15. The molecule has 1 amide bonds. The van der Waals surface area contributed by atoms with E-state index in [1.54, 1.807) is 11.6 Å². The summed E-state index contributed by atoms with van der Waals surface area (Å²) in [7, 11) is -3.71. The Labute approximate surface area is 187 Å². The van der Waals surface area contributed by atoms with E-state index in [-0.39, 0.29) is 9.77 Å². The van der Waals surface area contributed by atoms with Crippen molar-refractivity contribution in [2.45, 2.75) is 37.1 Å². The van der Waals surface area contributed by atoms with E-state index in [9.17, 15) is 13.2 Å². The zero-order chi connectivity index (χ0) is 21.7. The zero-order valence-corrected chi connectivity index (χ0v) is 19.1. The van der Waals surface area contributed by atoms with Crippen molar-refractivity contribution in [3.05, 3.63) is 40.2 Å². The summed E-state index contributed by atoms with van der Waals surface area (Å²) < 4.78 is 32.5. The monoisotopic (exact) mass is 464 g/mol. The highest BCUT2D eigenvalue weighted by Gasteiger charge is 2.31. The minimum absolute atomic E-state index is 0.0616. The van der Waals surface area contributed by atoms with Crippen LogP contribution in [-0.4, -0.2) is 63.0 Å². The fraction of sp³-hybridized carbons (Fsp3) is 0.524. The van der Waals surface area contributed by atoms with Gasteiger partial charge in [0.2, 0.25) is 10.0 Å². The van der Waals surface area contributed by atoms with Crippen LogP contribution in [0.2, 0.25) is 0 Å². The van der Waals surface area contributed by atoms with Crippen molar-refractivity contribution in [3.8, 4) is 0 Å². The van der Waals surface area contributed by atoms with Gasteiger partial charge in [-0.2, -0.15) is 4.31 Å². The number of carbonyl (C=O) groups is 1. The SMILES string of the molecule is O=C(NCc1ccc(N2CCCCCC2)nc1)c1sccc1S(=O)(=O)N1CCOCC1. The number of anilines is 1. The van der Waals surface area contributed by atoms with Crippen molar-refractivity contribution in [1.29, 1.82) is 0 Å². The lowest BCUT2D eigenvalue weighted by Crippen LogP contribution is -2.41. The van der Waals surface area contributed by atoms with Crippen molar-refractivity contribution in [3.63, 3.8) is 0 Å². The third-order valence-corrected chi connectivity index (χ3v) is 8.60. The first-order valence-electron chi connectivity index (χ1n) is 10.7. The number of thiophene rings is 1. The Morgan fingerprint density at radius 1 is 1.06 bits per heavy atom. The standard InChI is InChI=1S/C21H28N4O4S2/c26-21(20-18(7-14-30-20)31(27,28)25-10-12-29-13-11-25)23-16-17-5-6-19(22-15-17)24-8-3-1-2-4-9-24/h5-7,14-15H,1-4,8-13,16H2,(H,23,26). The molecule has 0 bridgehead atoms. The number of carbonyl (C=O) groups excluding carboxylic acids is 1. The topological polar surface area (TPSA) is 91.8 Å². The van der Waals surface area contributed by atoms with Crippen LogP contribution in [0.1, 0.15) is 40.9 Å². The molecule has 0 unspecified atom stereocenters. The van der Waals surface area contributed by atoms with E-state index >= 15 is 0 Å². The van der Waals surface area contributed by atoms with Gasteiger partial charge in [0.25, 0.3) is 5.91 Å². The summed E-state index contributed by atoms with van der Waals surface area (Å²) in [6.45, 7) is 3.68. The number of morpholine rings is 1. The van der Waals surface area contributed by atoms with Crippen LogP contribution >= 0.6 is 11.3 Å². The molecule has 2 saturated heterocycles. The lowest BCUT2D eigenvalue weighted by Gasteiger charge is -2.26. The third kappa shape index (κ3) is 5.25. The van der Waals surface area contributed by atoms with Gasteiger partial charge in [0.05, 0.1) is 13.2 Å². The van der Waals surface area contributed by atoms with Crippen LogP contribution in [0.3, 0.4) is 0 Å². The molecule has 2 aromatic rings. The Balaban J connectivity index is 1.39. The molecule has 2 aromatic heterocycles. The molecule has 4 heterocycles. The molecule has 168 valence electrons. The quantitative estimate of drug-likeness (QED) is 0.706. The van der Waals surface area contributed by atoms with E-state index in [0.717, 1.165) is 35.8 Å². The normalized spacial score (nSPS) is 18.5. The van der Waals surface area contributed by atoms with E-state index in [0.29, 0.717) is 32.8 Å². The van der Waals surface area contributed by atoms with Crippen LogP contribution in [0, 0.1) is 0 Å². The van der Waals surface area contributed by atoms with E-state index in [1.165, 1.54) is 36.1 Å². The lowest BCUT2D eigenvalue weighted by atomic mass is 10.2. The Hall–Kier alpha value is -2.01. The van der Waals surface area contributed by atoms with Gasteiger partial charge in [0.15, 0.2) is 0 Å². The van der Waals surface area contributed by atoms with E-state index in [1.807, 2.05) is 12.1 Å². The van der Waals surface area contributed by atoms with Crippen LogP contribution < -0.4 is 10.2 Å². The third-order valence-electron chi connectivity index (χ3n) is 5.62. The summed E-state index contributed by atoms with van der Waals surface area (Å²) in [5, 5.41) is 4.47. The Morgan fingerprint density at radius 2 is 1.81 bits per heavy atom. The molecule has 2 aliphatic rings. The molecule has 0 spiro atoms. The van der Waals surface area contributed by atoms with Crippen molar-refractivity contribution in [2.24, 2.45) is 0 Å². The largest absolute Gasteiger partial charge is 0.379 e. The molecule has 0 atom stereocenters. The zero-order valence-electron chi connectivity index (χ0n) is 17.5. The first-order chi connectivity index (χ1) is 15.1. The van der Waals surface area contributed by atoms with Crippen LogP contribution in [0.15, 0.2) is 34.7 Å². The summed E-state index contributed by atoms with van der Waals surface area (Å²) in [6.07, 6.45) is 6.70. The molecule has 4 rings (SSSR count). The Bertz CT molecular complexity index is 977. The summed E-state index contributed by atoms with van der Waals surface area (Å²) >= 11 is 1.14. The van der Waals surface area contributed by atoms with Crippen LogP contribution in [0.5, 0.6) is 0 Å². The number of rotatable bonds is 6. The fourth-order valence-corrected chi connectivity index (χ4v) is 6.59. The molecule has 0 saturated carbocycles. The predicted molar refractivity (Wildman–Crippen MR) is 120 cm³/mol. The van der Waals surface area contributed by atoms with E-state index < -0.39 is 15.9 Å². The number of sulfonamides is 1. The maximum Gasteiger partial charge on any atom is 0.263 e. The maximum absolute atomic E-state index is 12.9. The second kappa shape index (κ2) is 10.1. The van der Waals surface area contributed by atoms with Crippen molar-refractivity contribution >= 4 is 33.1 Å². The second-order valence-electron chi connectivity index (χ2n) is 7.74. The first kappa shape index (κ1) is 22.2. The fourth-order valence-electron chi connectivity index (χ4n) is 3.86. The van der Waals surface area contributed by atoms with Gasteiger partial charge in [-0.25, -0.2) is 13.4 Å². The number of hydrogen-bond donors (Lipinski definition) is 1. The lowest BCUT2D eigenvalue weighted by molar-refractivity contribution is 0.0730. The Kier molecular flexibility index (Phi) is 7.21. The van der Waals surface area contributed by atoms with Crippen molar-refractivity contribution < 1.29 is 17.9 Å². The van der Waals surface area contributed by atoms with Gasteiger partial charge in [-0.1, -0.05) is 18.9 Å². The number of amides is 1. The molecule has 2 aliphatic heterocycles. The average molecular weight is 465 g/mol. The van der Waals surface area contributed by atoms with Crippen molar-refractivity contribution in [2.75, 3.05) is 44.3 Å². The molecule has 1 N–H and O–H groups in total. The van der Waals surface area contributed by atoms with Gasteiger partial charge in [-0.3, -0.25) is 4.79 Å². The minimum atomic E-state index is -3.71. The molecular formula is C21H28N4O4S2. The van der Waals surface area contributed by atoms with E-state index in [4.69, 9.17) is 4.74 Å². The van der Waals surface area contributed by atoms with Crippen LogP contribution in [-0.2, 0) is 21.3 Å². The summed E-state index contributed by atoms with van der Waals surface area (Å²) in [6, 6.07) is 5.46. The molecular weight excluding hydrogens is 436 g/mol. The van der Waals surface area contributed by atoms with Crippen molar-refractivity contribution in [1.82, 2.24) is 14.6 Å². The van der Waals surface area contributed by atoms with E-state index in [2.05, 4.69) is 15.2 Å². The minimum Gasteiger partial charge on any atom is -0.379 e. The first-order valence-corrected chi connectivity index (χ1v) is 13.0. The maximum atomic E-state index is 12.9. The summed E-state index contributed by atoms with van der Waals surface area (Å²) in [4.78, 5) is 19.9. The molecule has 10 heteroatoms. The molecule has 31 heavy (non-hydrogen) atoms. The highest BCUT2D eigenvalue weighted by atomic mass is 32.2. The highest BCUT2D eigenvalue weighted by molar-refractivity contribution is 7.89. The van der Waals surface area contributed by atoms with Gasteiger partial charge in [0, 0.05) is 38.9 Å². The Morgan fingerprint density at radius 3 is 2.48 bits per heavy atom. The number of hydrogen-bond acceptors (Lipinski definition) is 7. The van der Waals surface area contributed by atoms with Gasteiger partial charge < -0.3 is 15.0 Å². The number of ether oxygens (including phenoxy) is 1. The number of nitrogens with zero attached hydrogens (tertiary/aromatic N) is 3. The second-order valence-corrected chi connectivity index (χ2v) is 10.6. The van der Waals surface area contributed by atoms with Gasteiger partial charge in [-0.05, 0) is 35.9 Å². The summed E-state index contributed by atoms with van der Waals surface area (Å²) in [5.41, 5.74) is 0.876. The van der Waals surface area contributed by atoms with Gasteiger partial charge in [-0.15, -0.1) is 11.3 Å². The molecule has 2 fully saturated rings. The van der Waals surface area contributed by atoms with Gasteiger partial charge in [0.1, 0.15) is 15.6 Å². The molecule has 0 aliphatic carbocycles. The molecule has 8 nitrogen and oxygen atoms in total. The summed E-state index contributed by atoms with van der Waals surface area (Å²) in [5.74, 6) is 0.576. The number of aromatic nitrogens is 1. The number of pyridine rings is 1. The highest BCUT2D eigenvalue weighted by Crippen LogP contribution is 2.26. The number of nitrogens with one attached hydrogen (secondary N) is 1. The molecule has 0 radical (unpaired) electrons. The smallest absolute Gasteiger partial charge is 0.263 e. The van der Waals surface area contributed by atoms with Crippen LogP contribution in [0.25, 0.3) is 0 Å².